The van der Waals surface area contributed by atoms with Crippen molar-refractivity contribution in [2.75, 3.05) is 17.3 Å². The summed E-state index contributed by atoms with van der Waals surface area (Å²) in [6.07, 6.45) is 0. The Bertz CT molecular complexity index is 1190. The molecule has 1 aliphatic rings. The SMILES string of the molecule is COc1ccccc1C1=C(Nc2cccc(Br)c2)C(=O)N(c2cccc(F)c2)C1=O. The quantitative estimate of drug-likeness (QED) is 0.537. The summed E-state index contributed by atoms with van der Waals surface area (Å²) < 4.78 is 20.0. The predicted octanol–water partition coefficient (Wildman–Crippen LogP) is 4.99. The van der Waals surface area contributed by atoms with Crippen molar-refractivity contribution in [3.63, 3.8) is 0 Å². The van der Waals surface area contributed by atoms with E-state index in [1.807, 2.05) is 6.07 Å². The van der Waals surface area contributed by atoms with Gasteiger partial charge in [-0.25, -0.2) is 9.29 Å². The Morgan fingerprint density at radius 1 is 0.933 bits per heavy atom. The molecule has 0 saturated heterocycles. The normalized spacial score (nSPS) is 13.8. The van der Waals surface area contributed by atoms with Gasteiger partial charge in [0.2, 0.25) is 0 Å². The van der Waals surface area contributed by atoms with E-state index in [0.29, 0.717) is 17.0 Å². The zero-order valence-corrected chi connectivity index (χ0v) is 17.4. The summed E-state index contributed by atoms with van der Waals surface area (Å²) in [5.74, 6) is -1.23. The number of anilines is 2. The van der Waals surface area contributed by atoms with Crippen LogP contribution < -0.4 is 15.0 Å². The number of nitrogens with zero attached hydrogens (tertiary/aromatic N) is 1. The van der Waals surface area contributed by atoms with E-state index in [0.717, 1.165) is 15.4 Å². The van der Waals surface area contributed by atoms with Gasteiger partial charge in [0.15, 0.2) is 0 Å². The molecule has 0 aromatic heterocycles. The molecular formula is C23H16BrFN2O3. The molecule has 30 heavy (non-hydrogen) atoms. The lowest BCUT2D eigenvalue weighted by Crippen LogP contribution is -2.32. The zero-order valence-electron chi connectivity index (χ0n) is 15.9. The standard InChI is InChI=1S/C23H16BrFN2O3/c1-30-19-11-3-2-10-18(19)20-21(26-16-8-4-6-14(24)12-16)23(29)27(22(20)28)17-9-5-7-15(25)13-17/h2-13,26H,1H3. The van der Waals surface area contributed by atoms with Crippen molar-refractivity contribution in [1.82, 2.24) is 0 Å². The average Bonchev–Trinajstić information content (AvgIpc) is 2.97. The molecule has 0 saturated carbocycles. The van der Waals surface area contributed by atoms with Crippen LogP contribution in [-0.2, 0) is 9.59 Å². The number of amides is 2. The lowest BCUT2D eigenvalue weighted by Gasteiger charge is -2.15. The van der Waals surface area contributed by atoms with E-state index < -0.39 is 17.6 Å². The summed E-state index contributed by atoms with van der Waals surface area (Å²) in [7, 11) is 1.49. The van der Waals surface area contributed by atoms with Crippen LogP contribution in [-0.4, -0.2) is 18.9 Å². The first-order chi connectivity index (χ1) is 14.5. The Balaban J connectivity index is 1.87. The molecular weight excluding hydrogens is 451 g/mol. The first-order valence-electron chi connectivity index (χ1n) is 9.04. The number of carbonyl (C=O) groups excluding carboxylic acids is 2. The highest BCUT2D eigenvalue weighted by molar-refractivity contribution is 9.10. The van der Waals surface area contributed by atoms with Crippen LogP contribution in [0.3, 0.4) is 0 Å². The van der Waals surface area contributed by atoms with Crippen LogP contribution in [0, 0.1) is 5.82 Å². The Kier molecular flexibility index (Phi) is 5.37. The summed E-state index contributed by atoms with van der Waals surface area (Å²) in [4.78, 5) is 27.7. The lowest BCUT2D eigenvalue weighted by atomic mass is 10.0. The van der Waals surface area contributed by atoms with E-state index in [2.05, 4.69) is 21.2 Å². The van der Waals surface area contributed by atoms with Gasteiger partial charge in [0.25, 0.3) is 11.8 Å². The van der Waals surface area contributed by atoms with E-state index in [4.69, 9.17) is 4.74 Å². The number of benzene rings is 3. The van der Waals surface area contributed by atoms with Gasteiger partial charge in [-0.05, 0) is 42.5 Å². The van der Waals surface area contributed by atoms with Crippen molar-refractivity contribution in [2.24, 2.45) is 0 Å². The van der Waals surface area contributed by atoms with Gasteiger partial charge in [0, 0.05) is 15.7 Å². The number of methoxy groups -OCH3 is 1. The molecule has 5 nitrogen and oxygen atoms in total. The minimum Gasteiger partial charge on any atom is -0.496 e. The highest BCUT2D eigenvalue weighted by Crippen LogP contribution is 2.37. The Morgan fingerprint density at radius 3 is 2.43 bits per heavy atom. The Hall–Kier alpha value is -3.45. The van der Waals surface area contributed by atoms with E-state index >= 15 is 0 Å². The molecule has 0 atom stereocenters. The van der Waals surface area contributed by atoms with Crippen molar-refractivity contribution < 1.29 is 18.7 Å². The topological polar surface area (TPSA) is 58.6 Å². The van der Waals surface area contributed by atoms with Gasteiger partial charge in [-0.1, -0.05) is 46.3 Å². The van der Waals surface area contributed by atoms with Gasteiger partial charge < -0.3 is 10.1 Å². The number of ether oxygens (including phenoxy) is 1. The molecule has 2 amide bonds. The van der Waals surface area contributed by atoms with E-state index in [1.165, 1.54) is 25.3 Å². The Labute approximate surface area is 180 Å². The minimum absolute atomic E-state index is 0.0897. The van der Waals surface area contributed by atoms with Crippen molar-refractivity contribution in [1.29, 1.82) is 0 Å². The first kappa shape index (κ1) is 19.8. The molecule has 0 radical (unpaired) electrons. The molecule has 0 aliphatic carbocycles. The smallest absolute Gasteiger partial charge is 0.282 e. The molecule has 7 heteroatoms. The number of imide groups is 1. The van der Waals surface area contributed by atoms with E-state index in [9.17, 15) is 14.0 Å². The van der Waals surface area contributed by atoms with Gasteiger partial charge in [-0.3, -0.25) is 9.59 Å². The van der Waals surface area contributed by atoms with Gasteiger partial charge in [0.05, 0.1) is 18.4 Å². The maximum atomic E-state index is 13.8. The van der Waals surface area contributed by atoms with Crippen LogP contribution >= 0.6 is 15.9 Å². The third-order valence-electron chi connectivity index (χ3n) is 4.62. The zero-order chi connectivity index (χ0) is 21.3. The maximum Gasteiger partial charge on any atom is 0.282 e. The largest absolute Gasteiger partial charge is 0.496 e. The van der Waals surface area contributed by atoms with Crippen LogP contribution in [0.15, 0.2) is 83.0 Å². The third-order valence-corrected chi connectivity index (χ3v) is 5.11. The summed E-state index contributed by atoms with van der Waals surface area (Å²) in [6.45, 7) is 0. The molecule has 3 aromatic carbocycles. The average molecular weight is 467 g/mol. The van der Waals surface area contributed by atoms with Gasteiger partial charge in [-0.15, -0.1) is 0 Å². The van der Waals surface area contributed by atoms with Crippen LogP contribution in [0.25, 0.3) is 5.57 Å². The van der Waals surface area contributed by atoms with Crippen LogP contribution in [0.2, 0.25) is 0 Å². The van der Waals surface area contributed by atoms with Crippen LogP contribution in [0.5, 0.6) is 5.75 Å². The molecule has 150 valence electrons. The fraction of sp³-hybridized carbons (Fsp3) is 0.0435. The molecule has 0 fully saturated rings. The molecule has 0 bridgehead atoms. The number of rotatable bonds is 5. The molecule has 0 spiro atoms. The highest BCUT2D eigenvalue weighted by atomic mass is 79.9. The molecule has 0 unspecified atom stereocenters. The number of nitrogens with one attached hydrogen (secondary N) is 1. The number of hydrogen-bond donors (Lipinski definition) is 1. The molecule has 1 aliphatic heterocycles. The maximum absolute atomic E-state index is 13.8. The second kappa shape index (κ2) is 8.12. The monoisotopic (exact) mass is 466 g/mol. The van der Waals surface area contributed by atoms with Crippen molar-refractivity contribution in [2.45, 2.75) is 0 Å². The van der Waals surface area contributed by atoms with Crippen molar-refractivity contribution >= 4 is 44.7 Å². The van der Waals surface area contributed by atoms with E-state index in [-0.39, 0.29) is 17.0 Å². The van der Waals surface area contributed by atoms with Crippen molar-refractivity contribution in [3.05, 3.63) is 94.3 Å². The first-order valence-corrected chi connectivity index (χ1v) is 9.83. The summed E-state index contributed by atoms with van der Waals surface area (Å²) in [6, 6.07) is 19.5. The second-order valence-corrected chi connectivity index (χ2v) is 7.43. The third kappa shape index (κ3) is 3.59. The predicted molar refractivity (Wildman–Crippen MR) is 117 cm³/mol. The van der Waals surface area contributed by atoms with Gasteiger partial charge in [-0.2, -0.15) is 0 Å². The number of carbonyl (C=O) groups is 2. The van der Waals surface area contributed by atoms with Crippen LogP contribution in [0.1, 0.15) is 5.56 Å². The summed E-state index contributed by atoms with van der Waals surface area (Å²) in [5, 5.41) is 3.06. The summed E-state index contributed by atoms with van der Waals surface area (Å²) >= 11 is 3.40. The summed E-state index contributed by atoms with van der Waals surface area (Å²) in [5.41, 5.74) is 1.49. The second-order valence-electron chi connectivity index (χ2n) is 6.51. The number of para-hydroxylation sites is 1. The molecule has 1 heterocycles. The van der Waals surface area contributed by atoms with Crippen LogP contribution in [0.4, 0.5) is 15.8 Å². The van der Waals surface area contributed by atoms with E-state index in [1.54, 1.807) is 42.5 Å². The number of halogens is 2. The molecule has 4 rings (SSSR count). The fourth-order valence-corrected chi connectivity index (χ4v) is 3.71. The minimum atomic E-state index is -0.577. The van der Waals surface area contributed by atoms with Crippen molar-refractivity contribution in [3.8, 4) is 5.75 Å². The Morgan fingerprint density at radius 2 is 1.70 bits per heavy atom. The molecule has 1 N–H and O–H groups in total. The van der Waals surface area contributed by atoms with Gasteiger partial charge in [0.1, 0.15) is 17.3 Å². The van der Waals surface area contributed by atoms with Gasteiger partial charge >= 0.3 is 0 Å². The highest BCUT2D eigenvalue weighted by Gasteiger charge is 2.41. The molecule has 3 aromatic rings. The lowest BCUT2D eigenvalue weighted by molar-refractivity contribution is -0.120. The fourth-order valence-electron chi connectivity index (χ4n) is 3.31. The number of hydrogen-bond acceptors (Lipinski definition) is 4.